The Morgan fingerprint density at radius 2 is 1.86 bits per heavy atom. The largest absolute Gasteiger partial charge is 0.573 e. The molecule has 1 N–H and O–H groups in total. The van der Waals surface area contributed by atoms with Crippen LogP contribution < -0.4 is 9.47 Å². The molecule has 1 heterocycles. The van der Waals surface area contributed by atoms with Crippen molar-refractivity contribution in [1.29, 1.82) is 0 Å². The first kappa shape index (κ1) is 15.6. The minimum atomic E-state index is -4.99. The van der Waals surface area contributed by atoms with E-state index in [1.165, 1.54) is 25.4 Å². The number of carboxylic acid groups (broad SMARTS) is 1. The number of aromatic carboxylic acids is 1. The Labute approximate surface area is 122 Å². The monoisotopic (exact) mass is 313 g/mol. The number of carboxylic acids is 1. The van der Waals surface area contributed by atoms with E-state index in [4.69, 9.17) is 9.84 Å². The molecule has 0 spiro atoms. The molecule has 0 aliphatic heterocycles. The average Bonchev–Trinajstić information content (AvgIpc) is 2.45. The molecule has 0 saturated heterocycles. The number of methoxy groups -OCH3 is 1. The third-order valence-electron chi connectivity index (χ3n) is 2.72. The number of hydrogen-bond acceptors (Lipinski definition) is 4. The summed E-state index contributed by atoms with van der Waals surface area (Å²) < 4.78 is 45.8. The van der Waals surface area contributed by atoms with Gasteiger partial charge in [0.05, 0.1) is 7.11 Å². The Bertz CT molecular complexity index is 683. The molecular weight excluding hydrogens is 303 g/mol. The fourth-order valence-corrected chi connectivity index (χ4v) is 1.76. The van der Waals surface area contributed by atoms with Crippen LogP contribution in [0.4, 0.5) is 13.2 Å². The lowest BCUT2D eigenvalue weighted by Gasteiger charge is -2.13. The minimum Gasteiger partial charge on any atom is -0.481 e. The van der Waals surface area contributed by atoms with Crippen LogP contribution in [0.1, 0.15) is 10.4 Å². The second-order valence-electron chi connectivity index (χ2n) is 4.15. The van der Waals surface area contributed by atoms with Gasteiger partial charge in [0.15, 0.2) is 0 Å². The van der Waals surface area contributed by atoms with Gasteiger partial charge >= 0.3 is 12.3 Å². The normalized spacial score (nSPS) is 11.1. The zero-order valence-corrected chi connectivity index (χ0v) is 11.2. The number of hydrogen-bond donors (Lipinski definition) is 1. The fourth-order valence-electron chi connectivity index (χ4n) is 1.76. The second-order valence-corrected chi connectivity index (χ2v) is 4.15. The summed E-state index contributed by atoms with van der Waals surface area (Å²) in [4.78, 5) is 14.9. The molecule has 0 fully saturated rings. The molecule has 8 heteroatoms. The second kappa shape index (κ2) is 5.92. The van der Waals surface area contributed by atoms with Crippen LogP contribution in [0.2, 0.25) is 0 Å². The quantitative estimate of drug-likeness (QED) is 0.937. The van der Waals surface area contributed by atoms with Crippen LogP contribution in [-0.2, 0) is 0 Å². The molecule has 0 amide bonds. The van der Waals surface area contributed by atoms with Crippen molar-refractivity contribution in [2.75, 3.05) is 7.11 Å². The predicted octanol–water partition coefficient (Wildman–Crippen LogP) is 3.35. The highest BCUT2D eigenvalue weighted by Gasteiger charge is 2.33. The van der Waals surface area contributed by atoms with Gasteiger partial charge in [-0.25, -0.2) is 9.78 Å². The lowest BCUT2D eigenvalue weighted by molar-refractivity contribution is -0.274. The maximum Gasteiger partial charge on any atom is 0.573 e. The molecule has 1 aromatic carbocycles. The van der Waals surface area contributed by atoms with Gasteiger partial charge in [0, 0.05) is 17.8 Å². The van der Waals surface area contributed by atoms with E-state index in [0.717, 1.165) is 12.1 Å². The first-order valence-corrected chi connectivity index (χ1v) is 5.93. The molecule has 0 saturated carbocycles. The van der Waals surface area contributed by atoms with Crippen molar-refractivity contribution in [3.8, 4) is 22.8 Å². The molecule has 2 aromatic rings. The molecule has 0 unspecified atom stereocenters. The summed E-state index contributed by atoms with van der Waals surface area (Å²) in [6.07, 6.45) is -3.59. The van der Waals surface area contributed by atoms with Gasteiger partial charge in [-0.3, -0.25) is 0 Å². The minimum absolute atomic E-state index is 0.333. The first-order valence-electron chi connectivity index (χ1n) is 5.93. The smallest absolute Gasteiger partial charge is 0.481 e. The van der Waals surface area contributed by atoms with E-state index in [9.17, 15) is 18.0 Å². The van der Waals surface area contributed by atoms with Gasteiger partial charge in [0.2, 0.25) is 5.88 Å². The van der Waals surface area contributed by atoms with Gasteiger partial charge in [0.25, 0.3) is 0 Å². The standard InChI is InChI=1S/C14H10F3NO4/c1-21-12-5-3-9(7-18-12)8-2-4-10(13(19)20)11(6-8)22-14(15,16)17/h2-7H,1H3,(H,19,20). The third kappa shape index (κ3) is 3.66. The van der Waals surface area contributed by atoms with Crippen molar-refractivity contribution < 1.29 is 32.5 Å². The summed E-state index contributed by atoms with van der Waals surface area (Å²) in [5.74, 6) is -1.95. The zero-order valence-electron chi connectivity index (χ0n) is 11.2. The zero-order chi connectivity index (χ0) is 16.3. The maximum absolute atomic E-state index is 12.4. The molecule has 0 atom stereocenters. The summed E-state index contributed by atoms with van der Waals surface area (Å²) in [7, 11) is 1.43. The number of halogens is 3. The van der Waals surface area contributed by atoms with Crippen LogP contribution >= 0.6 is 0 Å². The molecule has 2 rings (SSSR count). The van der Waals surface area contributed by atoms with Crippen molar-refractivity contribution in [2.45, 2.75) is 6.36 Å². The van der Waals surface area contributed by atoms with Crippen LogP contribution in [-0.4, -0.2) is 29.5 Å². The van der Waals surface area contributed by atoms with Crippen molar-refractivity contribution in [1.82, 2.24) is 4.98 Å². The summed E-state index contributed by atoms with van der Waals surface area (Å²) in [6, 6.07) is 6.53. The number of pyridine rings is 1. The van der Waals surface area contributed by atoms with Gasteiger partial charge in [-0.15, -0.1) is 13.2 Å². The van der Waals surface area contributed by atoms with E-state index < -0.39 is 23.6 Å². The highest BCUT2D eigenvalue weighted by Crippen LogP contribution is 2.31. The summed E-state index contributed by atoms with van der Waals surface area (Å²) in [5.41, 5.74) is 0.242. The molecule has 22 heavy (non-hydrogen) atoms. The van der Waals surface area contributed by atoms with Crippen LogP contribution in [0.5, 0.6) is 11.6 Å². The molecule has 0 bridgehead atoms. The molecule has 5 nitrogen and oxygen atoms in total. The fraction of sp³-hybridized carbons (Fsp3) is 0.143. The molecule has 0 aliphatic rings. The highest BCUT2D eigenvalue weighted by atomic mass is 19.4. The van der Waals surface area contributed by atoms with E-state index in [1.807, 2.05) is 0 Å². The van der Waals surface area contributed by atoms with Gasteiger partial charge in [-0.1, -0.05) is 6.07 Å². The average molecular weight is 313 g/mol. The third-order valence-corrected chi connectivity index (χ3v) is 2.72. The topological polar surface area (TPSA) is 68.7 Å². The molecule has 0 aliphatic carbocycles. The van der Waals surface area contributed by atoms with E-state index in [2.05, 4.69) is 9.72 Å². The number of carbonyl (C=O) groups is 1. The highest BCUT2D eigenvalue weighted by molar-refractivity contribution is 5.92. The van der Waals surface area contributed by atoms with Gasteiger partial charge in [0.1, 0.15) is 11.3 Å². The van der Waals surface area contributed by atoms with Crippen LogP contribution in [0.25, 0.3) is 11.1 Å². The summed E-state index contributed by atoms with van der Waals surface area (Å²) in [5, 5.41) is 8.92. The van der Waals surface area contributed by atoms with Gasteiger partial charge < -0.3 is 14.6 Å². The SMILES string of the molecule is COc1ccc(-c2ccc(C(=O)O)c(OC(F)(F)F)c2)cn1. The van der Waals surface area contributed by atoms with Crippen LogP contribution in [0.15, 0.2) is 36.5 Å². The van der Waals surface area contributed by atoms with Crippen LogP contribution in [0.3, 0.4) is 0 Å². The van der Waals surface area contributed by atoms with Crippen molar-refractivity contribution >= 4 is 5.97 Å². The predicted molar refractivity (Wildman–Crippen MR) is 69.9 cm³/mol. The number of ether oxygens (including phenoxy) is 2. The van der Waals surface area contributed by atoms with E-state index >= 15 is 0 Å². The lowest BCUT2D eigenvalue weighted by atomic mass is 10.0. The molecule has 116 valence electrons. The maximum atomic E-state index is 12.4. The molecule has 1 aromatic heterocycles. The number of nitrogens with zero attached hydrogens (tertiary/aromatic N) is 1. The Hall–Kier alpha value is -2.77. The van der Waals surface area contributed by atoms with Crippen molar-refractivity contribution in [2.24, 2.45) is 0 Å². The van der Waals surface area contributed by atoms with Crippen LogP contribution in [0, 0.1) is 0 Å². The Morgan fingerprint density at radius 1 is 1.18 bits per heavy atom. The number of aromatic nitrogens is 1. The summed E-state index contributed by atoms with van der Waals surface area (Å²) >= 11 is 0. The first-order chi connectivity index (χ1) is 10.3. The van der Waals surface area contributed by atoms with Crippen molar-refractivity contribution in [3.05, 3.63) is 42.1 Å². The van der Waals surface area contributed by atoms with Crippen molar-refractivity contribution in [3.63, 3.8) is 0 Å². The Morgan fingerprint density at radius 3 is 2.36 bits per heavy atom. The van der Waals surface area contributed by atoms with E-state index in [1.54, 1.807) is 6.07 Å². The number of alkyl halides is 3. The van der Waals surface area contributed by atoms with E-state index in [-0.39, 0.29) is 0 Å². The number of rotatable bonds is 4. The van der Waals surface area contributed by atoms with E-state index in [0.29, 0.717) is 17.0 Å². The lowest BCUT2D eigenvalue weighted by Crippen LogP contribution is -2.19. The van der Waals surface area contributed by atoms with Gasteiger partial charge in [-0.2, -0.15) is 0 Å². The number of benzene rings is 1. The van der Waals surface area contributed by atoms with Gasteiger partial charge in [-0.05, 0) is 23.8 Å². The molecule has 0 radical (unpaired) electrons. The summed E-state index contributed by atoms with van der Waals surface area (Å²) in [6.45, 7) is 0. The molecular formula is C14H10F3NO4. The Kier molecular flexibility index (Phi) is 4.20. The Balaban J connectivity index is 2.44.